The van der Waals surface area contributed by atoms with Crippen LogP contribution >= 0.6 is 0 Å². The van der Waals surface area contributed by atoms with Crippen molar-refractivity contribution < 1.29 is 4.79 Å². The van der Waals surface area contributed by atoms with Crippen molar-refractivity contribution in [1.82, 2.24) is 10.2 Å². The number of hydrogen-bond acceptors (Lipinski definition) is 2. The van der Waals surface area contributed by atoms with Gasteiger partial charge in [0.25, 0.3) is 0 Å². The number of amides is 2. The fraction of sp³-hybridized carbons (Fsp3) is 0.889. The van der Waals surface area contributed by atoms with E-state index in [1.165, 1.54) is 6.42 Å². The molecule has 0 aromatic heterocycles. The van der Waals surface area contributed by atoms with Crippen LogP contribution in [0.3, 0.4) is 0 Å². The van der Waals surface area contributed by atoms with Gasteiger partial charge >= 0.3 is 6.03 Å². The van der Waals surface area contributed by atoms with E-state index in [1.807, 2.05) is 0 Å². The largest absolute Gasteiger partial charge is 0.338 e. The van der Waals surface area contributed by atoms with Crippen LogP contribution in [0.15, 0.2) is 0 Å². The second-order valence-corrected chi connectivity index (χ2v) is 3.94. The third-order valence-electron chi connectivity index (χ3n) is 2.64. The fourth-order valence-corrected chi connectivity index (χ4v) is 1.70. The third-order valence-corrected chi connectivity index (χ3v) is 2.64. The van der Waals surface area contributed by atoms with E-state index in [0.717, 1.165) is 19.4 Å². The normalized spacial score (nSPS) is 27.3. The van der Waals surface area contributed by atoms with E-state index >= 15 is 0 Å². The highest BCUT2D eigenvalue weighted by Crippen LogP contribution is 2.22. The molecule has 1 aliphatic carbocycles. The van der Waals surface area contributed by atoms with Crippen molar-refractivity contribution in [2.45, 2.75) is 25.3 Å². The molecule has 2 atom stereocenters. The fourth-order valence-electron chi connectivity index (χ4n) is 1.70. The van der Waals surface area contributed by atoms with Crippen LogP contribution in [0.5, 0.6) is 0 Å². The number of urea groups is 1. The summed E-state index contributed by atoms with van der Waals surface area (Å²) in [6, 6.07) is 0.251. The predicted octanol–water partition coefficient (Wildman–Crippen LogP) is 0.385. The minimum absolute atomic E-state index is 0.0286. The van der Waals surface area contributed by atoms with E-state index in [0.29, 0.717) is 5.92 Å². The Labute approximate surface area is 79.5 Å². The second kappa shape index (κ2) is 4.46. The van der Waals surface area contributed by atoms with Gasteiger partial charge in [0.15, 0.2) is 0 Å². The molecule has 4 heteroatoms. The first-order valence-electron chi connectivity index (χ1n) is 4.82. The molecule has 1 aliphatic rings. The van der Waals surface area contributed by atoms with Crippen molar-refractivity contribution in [3.8, 4) is 0 Å². The molecule has 0 spiro atoms. The second-order valence-electron chi connectivity index (χ2n) is 3.94. The molecule has 2 unspecified atom stereocenters. The minimum Gasteiger partial charge on any atom is -0.338 e. The van der Waals surface area contributed by atoms with Gasteiger partial charge in [-0.2, -0.15) is 0 Å². The van der Waals surface area contributed by atoms with Crippen molar-refractivity contribution in [3.63, 3.8) is 0 Å². The lowest BCUT2D eigenvalue weighted by atomic mass is 10.1. The maximum atomic E-state index is 11.2. The Bertz CT molecular complexity index is 182. The van der Waals surface area contributed by atoms with Gasteiger partial charge in [0.1, 0.15) is 0 Å². The Balaban J connectivity index is 2.22. The molecule has 0 aromatic carbocycles. The quantitative estimate of drug-likeness (QED) is 0.653. The number of carbonyl (C=O) groups excluding carboxylic acids is 1. The summed E-state index contributed by atoms with van der Waals surface area (Å²) in [7, 11) is 3.48. The van der Waals surface area contributed by atoms with Crippen LogP contribution in [0.25, 0.3) is 0 Å². The van der Waals surface area contributed by atoms with Crippen LogP contribution in [0, 0.1) is 5.92 Å². The molecule has 0 aromatic rings. The third kappa shape index (κ3) is 2.88. The predicted molar refractivity (Wildman–Crippen MR) is 52.4 cm³/mol. The molecule has 3 N–H and O–H groups in total. The highest BCUT2D eigenvalue weighted by molar-refractivity contribution is 5.73. The summed E-state index contributed by atoms with van der Waals surface area (Å²) in [5.41, 5.74) is 5.88. The first-order valence-corrected chi connectivity index (χ1v) is 4.82. The van der Waals surface area contributed by atoms with E-state index < -0.39 is 0 Å². The lowest BCUT2D eigenvalue weighted by molar-refractivity contribution is 0.215. The standard InChI is InChI=1S/C9H19N3O/c1-12(2)9(13)11-6-7-4-3-5-8(7)10/h7-8H,3-6,10H2,1-2H3,(H,11,13). The molecule has 13 heavy (non-hydrogen) atoms. The zero-order valence-electron chi connectivity index (χ0n) is 8.42. The minimum atomic E-state index is -0.0286. The summed E-state index contributed by atoms with van der Waals surface area (Å²) in [6.07, 6.45) is 3.45. The van der Waals surface area contributed by atoms with Crippen molar-refractivity contribution in [2.24, 2.45) is 11.7 Å². The van der Waals surface area contributed by atoms with Crippen molar-refractivity contribution in [1.29, 1.82) is 0 Å². The first-order chi connectivity index (χ1) is 6.11. The van der Waals surface area contributed by atoms with Gasteiger partial charge in [-0.3, -0.25) is 0 Å². The molecule has 1 saturated carbocycles. The number of nitrogens with two attached hydrogens (primary N) is 1. The van der Waals surface area contributed by atoms with Gasteiger partial charge in [0.2, 0.25) is 0 Å². The summed E-state index contributed by atoms with van der Waals surface area (Å²) < 4.78 is 0. The molecule has 1 fully saturated rings. The van der Waals surface area contributed by atoms with E-state index in [9.17, 15) is 4.79 Å². The zero-order valence-corrected chi connectivity index (χ0v) is 8.42. The van der Waals surface area contributed by atoms with E-state index in [4.69, 9.17) is 5.73 Å². The summed E-state index contributed by atoms with van der Waals surface area (Å²) in [5, 5.41) is 2.86. The molecule has 1 rings (SSSR count). The molecule has 0 saturated heterocycles. The highest BCUT2D eigenvalue weighted by Gasteiger charge is 2.24. The number of rotatable bonds is 2. The molecule has 76 valence electrons. The maximum absolute atomic E-state index is 11.2. The summed E-state index contributed by atoms with van der Waals surface area (Å²) in [5.74, 6) is 0.476. The van der Waals surface area contributed by atoms with Gasteiger partial charge in [-0.1, -0.05) is 6.42 Å². The van der Waals surface area contributed by atoms with Crippen LogP contribution < -0.4 is 11.1 Å². The van der Waals surface area contributed by atoms with Crippen LogP contribution in [-0.2, 0) is 0 Å². The van der Waals surface area contributed by atoms with E-state index in [-0.39, 0.29) is 12.1 Å². The summed E-state index contributed by atoms with van der Waals surface area (Å²) in [6.45, 7) is 0.720. The number of nitrogens with zero attached hydrogens (tertiary/aromatic N) is 1. The monoisotopic (exact) mass is 185 g/mol. The molecule has 2 amide bonds. The average molecular weight is 185 g/mol. The number of carbonyl (C=O) groups is 1. The molecular weight excluding hydrogens is 166 g/mol. The van der Waals surface area contributed by atoms with Gasteiger partial charge in [0, 0.05) is 26.7 Å². The average Bonchev–Trinajstić information content (AvgIpc) is 2.47. The first kappa shape index (κ1) is 10.3. The Morgan fingerprint density at radius 3 is 2.69 bits per heavy atom. The maximum Gasteiger partial charge on any atom is 0.316 e. The van der Waals surface area contributed by atoms with E-state index in [2.05, 4.69) is 5.32 Å². The summed E-state index contributed by atoms with van der Waals surface area (Å²) in [4.78, 5) is 12.7. The van der Waals surface area contributed by atoms with Crippen molar-refractivity contribution >= 4 is 6.03 Å². The van der Waals surface area contributed by atoms with Gasteiger partial charge in [-0.05, 0) is 18.8 Å². The number of hydrogen-bond donors (Lipinski definition) is 2. The van der Waals surface area contributed by atoms with Gasteiger partial charge in [-0.25, -0.2) is 4.79 Å². The Morgan fingerprint density at radius 2 is 2.23 bits per heavy atom. The molecule has 0 bridgehead atoms. The van der Waals surface area contributed by atoms with Crippen LogP contribution in [0.2, 0.25) is 0 Å². The molecule has 0 radical (unpaired) electrons. The summed E-state index contributed by atoms with van der Waals surface area (Å²) >= 11 is 0. The van der Waals surface area contributed by atoms with Crippen LogP contribution in [0.4, 0.5) is 4.79 Å². The van der Waals surface area contributed by atoms with Crippen molar-refractivity contribution in [3.05, 3.63) is 0 Å². The van der Waals surface area contributed by atoms with Gasteiger partial charge in [0.05, 0.1) is 0 Å². The molecule has 0 aliphatic heterocycles. The molecular formula is C9H19N3O. The van der Waals surface area contributed by atoms with Gasteiger partial charge < -0.3 is 16.0 Å². The van der Waals surface area contributed by atoms with Crippen molar-refractivity contribution in [2.75, 3.05) is 20.6 Å². The SMILES string of the molecule is CN(C)C(=O)NCC1CCCC1N. The lowest BCUT2D eigenvalue weighted by Gasteiger charge is -2.18. The molecule has 0 heterocycles. The number of nitrogens with one attached hydrogen (secondary N) is 1. The smallest absolute Gasteiger partial charge is 0.316 e. The van der Waals surface area contributed by atoms with Crippen LogP contribution in [-0.4, -0.2) is 37.6 Å². The van der Waals surface area contributed by atoms with Gasteiger partial charge in [-0.15, -0.1) is 0 Å². The highest BCUT2D eigenvalue weighted by atomic mass is 16.2. The Kier molecular flexibility index (Phi) is 3.54. The van der Waals surface area contributed by atoms with Crippen LogP contribution in [0.1, 0.15) is 19.3 Å². The van der Waals surface area contributed by atoms with E-state index in [1.54, 1.807) is 19.0 Å². The zero-order chi connectivity index (χ0) is 9.84. The topological polar surface area (TPSA) is 58.4 Å². The lowest BCUT2D eigenvalue weighted by Crippen LogP contribution is -2.40. The Morgan fingerprint density at radius 1 is 1.54 bits per heavy atom. The Hall–Kier alpha value is -0.770. The molecule has 4 nitrogen and oxygen atoms in total.